The zero-order valence-electron chi connectivity index (χ0n) is 18.0. The average Bonchev–Trinajstić information content (AvgIpc) is 3.26. The third kappa shape index (κ3) is 4.00. The number of fused-ring (bicyclic) bond motifs is 1. The van der Waals surface area contributed by atoms with E-state index in [4.69, 9.17) is 4.74 Å². The minimum atomic E-state index is -3.90. The number of nitrogens with zero attached hydrogens (tertiary/aromatic N) is 3. The van der Waals surface area contributed by atoms with Crippen LogP contribution >= 0.6 is 0 Å². The number of sulfonamides is 1. The lowest BCUT2D eigenvalue weighted by atomic mass is 10.1. The van der Waals surface area contributed by atoms with Crippen LogP contribution in [0.15, 0.2) is 71.6 Å². The van der Waals surface area contributed by atoms with Crippen molar-refractivity contribution in [2.45, 2.75) is 11.3 Å². The largest absolute Gasteiger partial charge is 0.495 e. The van der Waals surface area contributed by atoms with Crippen LogP contribution in [0.4, 0.5) is 17.1 Å². The molecule has 0 bridgehead atoms. The molecule has 0 aromatic heterocycles. The summed E-state index contributed by atoms with van der Waals surface area (Å²) in [6.07, 6.45) is 0.592. The van der Waals surface area contributed by atoms with Crippen LogP contribution in [0, 0.1) is 10.1 Å². The third-order valence-electron chi connectivity index (χ3n) is 5.60. The lowest BCUT2D eigenvalue weighted by molar-refractivity contribution is -0.384. The van der Waals surface area contributed by atoms with Crippen LogP contribution < -0.4 is 13.9 Å². The van der Waals surface area contributed by atoms with Crippen molar-refractivity contribution in [3.8, 4) is 5.75 Å². The van der Waals surface area contributed by atoms with Crippen LogP contribution in [0.25, 0.3) is 0 Å². The Hall–Kier alpha value is -3.92. The number of nitro groups is 1. The van der Waals surface area contributed by atoms with Gasteiger partial charge in [0.05, 0.1) is 28.3 Å². The highest BCUT2D eigenvalue weighted by Crippen LogP contribution is 2.34. The smallest absolute Gasteiger partial charge is 0.271 e. The van der Waals surface area contributed by atoms with E-state index in [-0.39, 0.29) is 22.1 Å². The molecule has 3 aromatic carbocycles. The SMILES string of the molecule is COc1ccccc1N(C)S(=O)(=O)c1ccc(C(=O)N2CCc3ccc([N+](=O)[O-])cc32)cc1. The van der Waals surface area contributed by atoms with Gasteiger partial charge in [-0.25, -0.2) is 8.42 Å². The van der Waals surface area contributed by atoms with E-state index in [1.165, 1.54) is 55.5 Å². The molecule has 1 heterocycles. The van der Waals surface area contributed by atoms with Gasteiger partial charge in [0, 0.05) is 31.3 Å². The molecule has 1 aliphatic rings. The molecule has 10 heteroatoms. The van der Waals surface area contributed by atoms with Crippen molar-refractivity contribution >= 4 is 33.0 Å². The molecular weight excluding hydrogens is 446 g/mol. The second-order valence-electron chi connectivity index (χ2n) is 7.45. The van der Waals surface area contributed by atoms with Crippen molar-refractivity contribution < 1.29 is 22.9 Å². The van der Waals surface area contributed by atoms with E-state index in [9.17, 15) is 23.3 Å². The molecule has 4 rings (SSSR count). The van der Waals surface area contributed by atoms with Crippen molar-refractivity contribution in [2.24, 2.45) is 0 Å². The number of anilines is 2. The summed E-state index contributed by atoms with van der Waals surface area (Å²) >= 11 is 0. The number of carbonyl (C=O) groups excluding carboxylic acids is 1. The van der Waals surface area contributed by atoms with Crippen molar-refractivity contribution in [2.75, 3.05) is 29.9 Å². The van der Waals surface area contributed by atoms with Gasteiger partial charge in [0.2, 0.25) is 0 Å². The predicted molar refractivity (Wildman–Crippen MR) is 124 cm³/mol. The van der Waals surface area contributed by atoms with E-state index in [0.29, 0.717) is 30.1 Å². The van der Waals surface area contributed by atoms with Gasteiger partial charge in [0.15, 0.2) is 0 Å². The number of nitro benzene ring substituents is 1. The van der Waals surface area contributed by atoms with Gasteiger partial charge in [0.25, 0.3) is 21.6 Å². The average molecular weight is 468 g/mol. The molecule has 0 saturated carbocycles. The molecule has 1 amide bonds. The summed E-state index contributed by atoms with van der Waals surface area (Å²) in [4.78, 5) is 25.2. The first-order chi connectivity index (χ1) is 15.7. The second-order valence-corrected chi connectivity index (χ2v) is 9.41. The Labute approximate surface area is 191 Å². The molecule has 0 unspecified atom stereocenters. The molecule has 0 spiro atoms. The Morgan fingerprint density at radius 3 is 2.45 bits per heavy atom. The van der Waals surface area contributed by atoms with Crippen LogP contribution in [0.1, 0.15) is 15.9 Å². The first-order valence-corrected chi connectivity index (χ1v) is 11.5. The van der Waals surface area contributed by atoms with Gasteiger partial charge >= 0.3 is 0 Å². The van der Waals surface area contributed by atoms with E-state index >= 15 is 0 Å². The predicted octanol–water partition coefficient (Wildman–Crippen LogP) is 3.63. The third-order valence-corrected chi connectivity index (χ3v) is 7.39. The fourth-order valence-corrected chi connectivity index (χ4v) is 5.00. The van der Waals surface area contributed by atoms with Gasteiger partial charge < -0.3 is 9.64 Å². The monoisotopic (exact) mass is 467 g/mol. The minimum absolute atomic E-state index is 0.0184. The number of methoxy groups -OCH3 is 1. The maximum Gasteiger partial charge on any atom is 0.271 e. The van der Waals surface area contributed by atoms with E-state index in [0.717, 1.165) is 9.87 Å². The molecule has 0 N–H and O–H groups in total. The van der Waals surface area contributed by atoms with Crippen LogP contribution in [0.5, 0.6) is 5.75 Å². The van der Waals surface area contributed by atoms with Crippen LogP contribution in [-0.2, 0) is 16.4 Å². The lowest BCUT2D eigenvalue weighted by Gasteiger charge is -2.22. The Morgan fingerprint density at radius 1 is 1.09 bits per heavy atom. The number of benzene rings is 3. The molecule has 170 valence electrons. The molecule has 0 radical (unpaired) electrons. The van der Waals surface area contributed by atoms with Gasteiger partial charge in [-0.2, -0.15) is 0 Å². The maximum atomic E-state index is 13.1. The summed E-state index contributed by atoms with van der Waals surface area (Å²) in [6.45, 7) is 0.395. The van der Waals surface area contributed by atoms with Crippen molar-refractivity contribution in [1.82, 2.24) is 0 Å². The number of amides is 1. The maximum absolute atomic E-state index is 13.1. The van der Waals surface area contributed by atoms with Gasteiger partial charge in [0.1, 0.15) is 5.75 Å². The molecule has 33 heavy (non-hydrogen) atoms. The number of ether oxygens (including phenoxy) is 1. The summed E-state index contributed by atoms with van der Waals surface area (Å²) in [5, 5.41) is 11.1. The van der Waals surface area contributed by atoms with Crippen molar-refractivity contribution in [1.29, 1.82) is 0 Å². The Morgan fingerprint density at radius 2 is 1.79 bits per heavy atom. The minimum Gasteiger partial charge on any atom is -0.495 e. The fourth-order valence-electron chi connectivity index (χ4n) is 3.79. The van der Waals surface area contributed by atoms with Crippen LogP contribution in [0.3, 0.4) is 0 Å². The Kier molecular flexibility index (Phi) is 5.77. The number of rotatable bonds is 6. The standard InChI is InChI=1S/C23H21N3O6S/c1-24(20-5-3-4-6-22(20)32-2)33(30,31)19-11-8-17(9-12-19)23(27)25-14-13-16-7-10-18(26(28)29)15-21(16)25/h3-12,15H,13-14H2,1-2H3. The number of carbonyl (C=O) groups is 1. The van der Waals surface area contributed by atoms with Gasteiger partial charge in [-0.1, -0.05) is 18.2 Å². The highest BCUT2D eigenvalue weighted by atomic mass is 32.2. The molecule has 3 aromatic rings. The molecule has 9 nitrogen and oxygen atoms in total. The van der Waals surface area contributed by atoms with Gasteiger partial charge in [-0.05, 0) is 48.4 Å². The van der Waals surface area contributed by atoms with E-state index < -0.39 is 14.9 Å². The van der Waals surface area contributed by atoms with Gasteiger partial charge in [-0.15, -0.1) is 0 Å². The van der Waals surface area contributed by atoms with Crippen molar-refractivity contribution in [3.63, 3.8) is 0 Å². The van der Waals surface area contributed by atoms with E-state index in [2.05, 4.69) is 0 Å². The quantitative estimate of drug-likeness (QED) is 0.404. The highest BCUT2D eigenvalue weighted by molar-refractivity contribution is 7.92. The number of hydrogen-bond acceptors (Lipinski definition) is 6. The zero-order valence-corrected chi connectivity index (χ0v) is 18.8. The van der Waals surface area contributed by atoms with E-state index in [1.807, 2.05) is 0 Å². The molecular formula is C23H21N3O6S. The Bertz CT molecular complexity index is 1340. The number of para-hydroxylation sites is 2. The summed E-state index contributed by atoms with van der Waals surface area (Å²) in [5.41, 5.74) is 1.94. The molecule has 1 aliphatic heterocycles. The Balaban J connectivity index is 1.60. The van der Waals surface area contributed by atoms with Gasteiger partial charge in [-0.3, -0.25) is 19.2 Å². The van der Waals surface area contributed by atoms with Crippen molar-refractivity contribution in [3.05, 3.63) is 88.0 Å². The number of non-ortho nitro benzene ring substituents is 1. The van der Waals surface area contributed by atoms with Crippen LogP contribution in [0.2, 0.25) is 0 Å². The van der Waals surface area contributed by atoms with Crippen LogP contribution in [-0.4, -0.2) is 40.0 Å². The summed E-state index contributed by atoms with van der Waals surface area (Å²) in [5.74, 6) is 0.0634. The molecule has 0 fully saturated rings. The first kappa shape index (κ1) is 22.3. The summed E-state index contributed by atoms with van der Waals surface area (Å²) < 4.78 is 32.6. The van der Waals surface area contributed by atoms with E-state index in [1.54, 1.807) is 30.3 Å². The molecule has 0 atom stereocenters. The zero-order chi connectivity index (χ0) is 23.8. The lowest BCUT2D eigenvalue weighted by Crippen LogP contribution is -2.29. The highest BCUT2D eigenvalue weighted by Gasteiger charge is 2.28. The first-order valence-electron chi connectivity index (χ1n) is 10.0. The molecule has 0 aliphatic carbocycles. The fraction of sp³-hybridized carbons (Fsp3) is 0.174. The topological polar surface area (TPSA) is 110 Å². The summed E-state index contributed by atoms with van der Waals surface area (Å²) in [6, 6.07) is 16.9. The second kappa shape index (κ2) is 8.55. The molecule has 0 saturated heterocycles. The summed E-state index contributed by atoms with van der Waals surface area (Å²) in [7, 11) is -1.00. The normalized spacial score (nSPS) is 12.8. The number of hydrogen-bond donors (Lipinski definition) is 0.